The fraction of sp³-hybridized carbons (Fsp3) is 0.409. The molecule has 8 heteroatoms. The van der Waals surface area contributed by atoms with Crippen LogP contribution >= 0.6 is 0 Å². The molecule has 2 aliphatic heterocycles. The second-order valence-electron chi connectivity index (χ2n) is 7.75. The van der Waals surface area contributed by atoms with Gasteiger partial charge in [-0.3, -0.25) is 19.0 Å². The van der Waals surface area contributed by atoms with Gasteiger partial charge in [0.05, 0.1) is 0 Å². The van der Waals surface area contributed by atoms with Crippen molar-refractivity contribution in [1.82, 2.24) is 9.47 Å². The van der Waals surface area contributed by atoms with E-state index in [0.29, 0.717) is 37.2 Å². The number of pyridine rings is 1. The van der Waals surface area contributed by atoms with E-state index in [-0.39, 0.29) is 29.6 Å². The van der Waals surface area contributed by atoms with E-state index in [4.69, 9.17) is 4.74 Å². The van der Waals surface area contributed by atoms with Crippen LogP contribution < -0.4 is 10.3 Å². The molecule has 0 aliphatic carbocycles. The lowest BCUT2D eigenvalue weighted by atomic mass is 10.1. The van der Waals surface area contributed by atoms with E-state index < -0.39 is 23.2 Å². The quantitative estimate of drug-likeness (QED) is 0.703. The van der Waals surface area contributed by atoms with Gasteiger partial charge < -0.3 is 9.64 Å². The van der Waals surface area contributed by atoms with Crippen LogP contribution in [0.5, 0.6) is 5.75 Å². The summed E-state index contributed by atoms with van der Waals surface area (Å²) in [5.74, 6) is -1.98. The molecule has 6 nitrogen and oxygen atoms in total. The Morgan fingerprint density at radius 3 is 2.40 bits per heavy atom. The third-order valence-corrected chi connectivity index (χ3v) is 5.67. The maximum atomic E-state index is 13.4. The van der Waals surface area contributed by atoms with Crippen molar-refractivity contribution < 1.29 is 23.1 Å². The SMILES string of the molecule is CC(=O)c1cc(OCc2cc(F)cc(F)c2)c(=O)n2c1CC[C@H]2C(=O)N1CCCC1. The Hall–Kier alpha value is -3.03. The Kier molecular flexibility index (Phi) is 5.40. The first kappa shape index (κ1) is 20.3. The zero-order chi connectivity index (χ0) is 21.4. The van der Waals surface area contributed by atoms with Crippen molar-refractivity contribution in [3.8, 4) is 5.75 Å². The summed E-state index contributed by atoms with van der Waals surface area (Å²) in [6.45, 7) is 2.48. The molecule has 0 N–H and O–H groups in total. The number of halogens is 2. The molecule has 0 bridgehead atoms. The van der Waals surface area contributed by atoms with Gasteiger partial charge in [-0.15, -0.1) is 0 Å². The molecule has 4 rings (SSSR count). The fourth-order valence-corrected chi connectivity index (χ4v) is 4.28. The Balaban J connectivity index is 1.69. The number of carbonyl (C=O) groups is 2. The van der Waals surface area contributed by atoms with E-state index >= 15 is 0 Å². The lowest BCUT2D eigenvalue weighted by Crippen LogP contribution is -2.38. The summed E-state index contributed by atoms with van der Waals surface area (Å²) in [6.07, 6.45) is 2.77. The van der Waals surface area contributed by atoms with Crippen molar-refractivity contribution in [1.29, 1.82) is 0 Å². The standard InChI is InChI=1S/C22H22F2N2O4/c1-13(27)17-11-20(30-12-14-8-15(23)10-16(24)9-14)22(29)26-18(17)4-5-19(26)21(28)25-6-2-3-7-25/h8-11,19H,2-7,12H2,1H3/t19-/m0/s1. The lowest BCUT2D eigenvalue weighted by Gasteiger charge is -2.22. The Bertz CT molecular complexity index is 1050. The number of ketones is 1. The highest BCUT2D eigenvalue weighted by Crippen LogP contribution is 2.31. The van der Waals surface area contributed by atoms with Crippen molar-refractivity contribution in [3.05, 3.63) is 63.1 Å². The van der Waals surface area contributed by atoms with E-state index in [1.54, 1.807) is 4.90 Å². The number of Topliss-reactive ketones (excluding diaryl/α,β-unsaturated/α-hetero) is 1. The monoisotopic (exact) mass is 416 g/mol. The number of carbonyl (C=O) groups excluding carboxylic acids is 2. The van der Waals surface area contributed by atoms with Crippen LogP contribution in [0.25, 0.3) is 0 Å². The maximum Gasteiger partial charge on any atom is 0.293 e. The van der Waals surface area contributed by atoms with Gasteiger partial charge in [0.15, 0.2) is 11.5 Å². The molecule has 0 radical (unpaired) electrons. The van der Waals surface area contributed by atoms with Crippen molar-refractivity contribution >= 4 is 11.7 Å². The number of aromatic nitrogens is 1. The first-order valence-electron chi connectivity index (χ1n) is 10.0. The summed E-state index contributed by atoms with van der Waals surface area (Å²) in [5.41, 5.74) is 0.564. The average Bonchev–Trinajstić information content (AvgIpc) is 3.36. The average molecular weight is 416 g/mol. The van der Waals surface area contributed by atoms with Gasteiger partial charge in [-0.05, 0) is 56.4 Å². The minimum atomic E-state index is -0.750. The second kappa shape index (κ2) is 8.01. The molecule has 158 valence electrons. The molecule has 0 spiro atoms. The molecule has 3 heterocycles. The smallest absolute Gasteiger partial charge is 0.293 e. The number of fused-ring (bicyclic) bond motifs is 1. The fourth-order valence-electron chi connectivity index (χ4n) is 4.28. The molecule has 2 aliphatic rings. The number of benzene rings is 1. The van der Waals surface area contributed by atoms with Crippen LogP contribution in [0, 0.1) is 11.6 Å². The van der Waals surface area contributed by atoms with Crippen molar-refractivity contribution in [2.45, 2.75) is 45.3 Å². The second-order valence-corrected chi connectivity index (χ2v) is 7.75. The minimum absolute atomic E-state index is 0.116. The van der Waals surface area contributed by atoms with Crippen LogP contribution in [-0.2, 0) is 17.8 Å². The van der Waals surface area contributed by atoms with Crippen LogP contribution in [-0.4, -0.2) is 34.2 Å². The molecule has 1 fully saturated rings. The number of hydrogen-bond acceptors (Lipinski definition) is 4. The molecule has 2 aromatic rings. The summed E-state index contributed by atoms with van der Waals surface area (Å²) in [5, 5.41) is 0. The van der Waals surface area contributed by atoms with Gasteiger partial charge in [0.1, 0.15) is 24.3 Å². The largest absolute Gasteiger partial charge is 0.483 e. The Morgan fingerprint density at radius 2 is 1.77 bits per heavy atom. The zero-order valence-electron chi connectivity index (χ0n) is 16.6. The molecule has 1 atom stereocenters. The highest BCUT2D eigenvalue weighted by Gasteiger charge is 2.36. The normalized spacial score (nSPS) is 17.8. The van der Waals surface area contributed by atoms with Gasteiger partial charge in [0, 0.05) is 30.4 Å². The van der Waals surface area contributed by atoms with Crippen LogP contribution in [0.4, 0.5) is 8.78 Å². The van der Waals surface area contributed by atoms with Crippen molar-refractivity contribution in [3.63, 3.8) is 0 Å². The summed E-state index contributed by atoms with van der Waals surface area (Å²) in [4.78, 5) is 40.0. The number of amides is 1. The molecule has 30 heavy (non-hydrogen) atoms. The van der Waals surface area contributed by atoms with E-state index in [2.05, 4.69) is 0 Å². The van der Waals surface area contributed by atoms with E-state index in [9.17, 15) is 23.2 Å². The van der Waals surface area contributed by atoms with Gasteiger partial charge >= 0.3 is 0 Å². The summed E-state index contributed by atoms with van der Waals surface area (Å²) >= 11 is 0. The van der Waals surface area contributed by atoms with Crippen LogP contribution in [0.15, 0.2) is 29.1 Å². The third-order valence-electron chi connectivity index (χ3n) is 5.67. The first-order chi connectivity index (χ1) is 14.3. The molecule has 1 saturated heterocycles. The molecule has 1 aromatic carbocycles. The van der Waals surface area contributed by atoms with E-state index in [0.717, 1.165) is 31.0 Å². The lowest BCUT2D eigenvalue weighted by molar-refractivity contribution is -0.133. The summed E-state index contributed by atoms with van der Waals surface area (Å²) < 4.78 is 33.8. The van der Waals surface area contributed by atoms with Gasteiger partial charge in [-0.2, -0.15) is 0 Å². The predicted molar refractivity (Wildman–Crippen MR) is 105 cm³/mol. The number of rotatable bonds is 5. The number of hydrogen-bond donors (Lipinski definition) is 0. The number of nitrogens with zero attached hydrogens (tertiary/aromatic N) is 2. The topological polar surface area (TPSA) is 68.6 Å². The van der Waals surface area contributed by atoms with Crippen LogP contribution in [0.1, 0.15) is 53.8 Å². The van der Waals surface area contributed by atoms with E-state index in [1.165, 1.54) is 17.6 Å². The number of ether oxygens (including phenoxy) is 1. The number of likely N-dealkylation sites (tertiary alicyclic amines) is 1. The van der Waals surface area contributed by atoms with Gasteiger partial charge in [0.25, 0.3) is 5.56 Å². The Labute approximate surface area is 172 Å². The third kappa shape index (κ3) is 3.74. The minimum Gasteiger partial charge on any atom is -0.483 e. The molecule has 0 unspecified atom stereocenters. The highest BCUT2D eigenvalue weighted by atomic mass is 19.1. The van der Waals surface area contributed by atoms with Crippen molar-refractivity contribution in [2.24, 2.45) is 0 Å². The molecular weight excluding hydrogens is 394 g/mol. The van der Waals surface area contributed by atoms with E-state index in [1.807, 2.05) is 0 Å². The molecular formula is C22H22F2N2O4. The van der Waals surface area contributed by atoms with Crippen LogP contribution in [0.3, 0.4) is 0 Å². The maximum absolute atomic E-state index is 13.4. The van der Waals surface area contributed by atoms with Crippen molar-refractivity contribution in [2.75, 3.05) is 13.1 Å². The first-order valence-corrected chi connectivity index (χ1v) is 10.0. The zero-order valence-corrected chi connectivity index (χ0v) is 16.6. The summed E-state index contributed by atoms with van der Waals surface area (Å²) in [6, 6.07) is 3.67. The van der Waals surface area contributed by atoms with Crippen LogP contribution in [0.2, 0.25) is 0 Å². The molecule has 1 amide bonds. The molecule has 1 aromatic heterocycles. The summed E-state index contributed by atoms with van der Waals surface area (Å²) in [7, 11) is 0. The van der Waals surface area contributed by atoms with Gasteiger partial charge in [0.2, 0.25) is 5.91 Å². The van der Waals surface area contributed by atoms with Gasteiger partial charge in [-0.1, -0.05) is 0 Å². The van der Waals surface area contributed by atoms with Gasteiger partial charge in [-0.25, -0.2) is 8.78 Å². The Morgan fingerprint density at radius 1 is 1.10 bits per heavy atom. The molecule has 0 saturated carbocycles. The highest BCUT2D eigenvalue weighted by molar-refractivity contribution is 5.96. The predicted octanol–water partition coefficient (Wildman–Crippen LogP) is 3.02.